The van der Waals surface area contributed by atoms with Crippen molar-refractivity contribution in [1.82, 2.24) is 0 Å². The smallest absolute Gasteiger partial charge is 0.374 e. The lowest BCUT2D eigenvalue weighted by Gasteiger charge is -2.32. The highest BCUT2D eigenvalue weighted by atomic mass is 28.4. The molecule has 0 radical (unpaired) electrons. The van der Waals surface area contributed by atoms with Gasteiger partial charge in [0.15, 0.2) is 0 Å². The number of rotatable bonds is 13. The highest BCUT2D eigenvalue weighted by Crippen LogP contribution is 2.22. The first kappa shape index (κ1) is 21.3. The first-order valence-corrected chi connectivity index (χ1v) is 10.9. The largest absolute Gasteiger partial charge is 0.501 e. The Hall–Kier alpha value is -0.763. The molecule has 138 valence electrons. The highest BCUT2D eigenvalue weighted by molar-refractivity contribution is 6.60. The van der Waals surface area contributed by atoms with Crippen molar-refractivity contribution in [3.05, 3.63) is 35.9 Å². The molecule has 0 amide bonds. The summed E-state index contributed by atoms with van der Waals surface area (Å²) in [6, 6.07) is 11.2. The van der Waals surface area contributed by atoms with Gasteiger partial charge in [-0.3, -0.25) is 0 Å². The van der Waals surface area contributed by atoms with Crippen molar-refractivity contribution >= 4 is 8.80 Å². The number of nitrogens with two attached hydrogens (primary N) is 2. The summed E-state index contributed by atoms with van der Waals surface area (Å²) in [6.07, 6.45) is 3.47. The predicted molar refractivity (Wildman–Crippen MR) is 101 cm³/mol. The van der Waals surface area contributed by atoms with Crippen LogP contribution in [-0.2, 0) is 19.7 Å². The topological polar surface area (TPSA) is 79.7 Å². The van der Waals surface area contributed by atoms with Crippen LogP contribution in [-0.4, -0.2) is 34.3 Å². The second-order valence-corrected chi connectivity index (χ2v) is 8.74. The quantitative estimate of drug-likeness (QED) is 0.420. The molecule has 1 aromatic carbocycles. The van der Waals surface area contributed by atoms with Gasteiger partial charge in [0.2, 0.25) is 0 Å². The molecule has 6 heteroatoms. The highest BCUT2D eigenvalue weighted by Gasteiger charge is 2.41. The van der Waals surface area contributed by atoms with Gasteiger partial charge in [0.25, 0.3) is 0 Å². The van der Waals surface area contributed by atoms with E-state index >= 15 is 0 Å². The third-order valence-corrected chi connectivity index (χ3v) is 6.93. The fourth-order valence-electron chi connectivity index (χ4n) is 2.70. The first-order valence-electron chi connectivity index (χ1n) is 9.02. The van der Waals surface area contributed by atoms with Crippen molar-refractivity contribution in [1.29, 1.82) is 0 Å². The molecule has 1 atom stereocenters. The van der Waals surface area contributed by atoms with Crippen LogP contribution in [0, 0.1) is 0 Å². The zero-order valence-electron chi connectivity index (χ0n) is 15.4. The molecule has 1 rings (SSSR count). The van der Waals surface area contributed by atoms with Gasteiger partial charge in [-0.2, -0.15) is 0 Å². The molecule has 0 aliphatic carbocycles. The standard InChI is InChI=1S/C18H34N2O3Si/c1-4-21-24(22-5-2,15-14-18(19)20)23-16(3)10-9-13-17-11-7-6-8-12-17/h6-8,11-12,16,18H,4-5,9-10,13-15,19-20H2,1-3H3. The van der Waals surface area contributed by atoms with E-state index in [2.05, 4.69) is 31.2 Å². The number of hydrogen-bond donors (Lipinski definition) is 2. The molecule has 4 N–H and O–H groups in total. The summed E-state index contributed by atoms with van der Waals surface area (Å²) < 4.78 is 18.2. The average molecular weight is 355 g/mol. The van der Waals surface area contributed by atoms with Crippen LogP contribution >= 0.6 is 0 Å². The van der Waals surface area contributed by atoms with Crippen molar-refractivity contribution in [3.8, 4) is 0 Å². The lowest BCUT2D eigenvalue weighted by Crippen LogP contribution is -2.49. The monoisotopic (exact) mass is 354 g/mol. The normalized spacial score (nSPS) is 13.4. The molecule has 5 nitrogen and oxygen atoms in total. The minimum atomic E-state index is -2.71. The van der Waals surface area contributed by atoms with Crippen LogP contribution in [0.5, 0.6) is 0 Å². The Morgan fingerprint density at radius 3 is 2.17 bits per heavy atom. The van der Waals surface area contributed by atoms with Crippen LogP contribution in [0.3, 0.4) is 0 Å². The maximum atomic E-state index is 6.29. The summed E-state index contributed by atoms with van der Waals surface area (Å²) in [4.78, 5) is 0. The van der Waals surface area contributed by atoms with Crippen molar-refractivity contribution < 1.29 is 13.3 Å². The molecule has 0 aromatic heterocycles. The Morgan fingerprint density at radius 2 is 1.62 bits per heavy atom. The van der Waals surface area contributed by atoms with Crippen LogP contribution in [0.25, 0.3) is 0 Å². The maximum absolute atomic E-state index is 6.29. The minimum Gasteiger partial charge on any atom is -0.374 e. The van der Waals surface area contributed by atoms with Gasteiger partial charge in [-0.25, -0.2) is 0 Å². The van der Waals surface area contributed by atoms with Crippen LogP contribution in [0.2, 0.25) is 6.04 Å². The van der Waals surface area contributed by atoms with Gasteiger partial charge in [0.05, 0.1) is 6.17 Å². The zero-order chi connectivity index (χ0) is 17.8. The first-order chi connectivity index (χ1) is 11.5. The summed E-state index contributed by atoms with van der Waals surface area (Å²) in [5.74, 6) is 0. The third kappa shape index (κ3) is 8.37. The molecule has 1 unspecified atom stereocenters. The molecule has 0 fully saturated rings. The average Bonchev–Trinajstić information content (AvgIpc) is 2.54. The fourth-order valence-corrected chi connectivity index (χ4v) is 5.62. The van der Waals surface area contributed by atoms with E-state index in [1.807, 2.05) is 19.9 Å². The molecular weight excluding hydrogens is 320 g/mol. The molecule has 0 spiro atoms. The SMILES string of the molecule is CCO[Si](CCC(N)N)(OCC)OC(C)CCCc1ccccc1. The van der Waals surface area contributed by atoms with Crippen molar-refractivity contribution in [2.24, 2.45) is 11.5 Å². The van der Waals surface area contributed by atoms with Crippen LogP contribution < -0.4 is 11.5 Å². The minimum absolute atomic E-state index is 0.0903. The lowest BCUT2D eigenvalue weighted by atomic mass is 10.1. The van der Waals surface area contributed by atoms with Gasteiger partial charge in [0, 0.05) is 25.4 Å². The van der Waals surface area contributed by atoms with E-state index in [1.54, 1.807) is 0 Å². The molecule has 0 aliphatic heterocycles. The molecule has 0 heterocycles. The van der Waals surface area contributed by atoms with Gasteiger partial charge in [0.1, 0.15) is 0 Å². The second kappa shape index (κ2) is 11.7. The number of benzene rings is 1. The van der Waals surface area contributed by atoms with Gasteiger partial charge >= 0.3 is 8.80 Å². The Kier molecular flexibility index (Phi) is 10.4. The molecule has 0 saturated heterocycles. The predicted octanol–water partition coefficient (Wildman–Crippen LogP) is 3.06. The lowest BCUT2D eigenvalue weighted by molar-refractivity contribution is 0.0342. The Labute approximate surface area is 148 Å². The van der Waals surface area contributed by atoms with Gasteiger partial charge in [-0.1, -0.05) is 30.3 Å². The second-order valence-electron chi connectivity index (χ2n) is 6.06. The Bertz CT molecular complexity index is 426. The zero-order valence-corrected chi connectivity index (χ0v) is 16.4. The summed E-state index contributed by atoms with van der Waals surface area (Å²) in [7, 11) is -2.71. The van der Waals surface area contributed by atoms with E-state index in [1.165, 1.54) is 5.56 Å². The maximum Gasteiger partial charge on any atom is 0.501 e. The van der Waals surface area contributed by atoms with Crippen LogP contribution in [0.4, 0.5) is 0 Å². The van der Waals surface area contributed by atoms with Crippen molar-refractivity contribution in [3.63, 3.8) is 0 Å². The molecule has 0 aliphatic rings. The van der Waals surface area contributed by atoms with E-state index in [0.29, 0.717) is 25.7 Å². The summed E-state index contributed by atoms with van der Waals surface area (Å²) >= 11 is 0. The fraction of sp³-hybridized carbons (Fsp3) is 0.667. The third-order valence-electron chi connectivity index (χ3n) is 3.81. The Morgan fingerprint density at radius 1 is 1.00 bits per heavy atom. The van der Waals surface area contributed by atoms with Gasteiger partial charge < -0.3 is 24.7 Å². The van der Waals surface area contributed by atoms with E-state index in [4.69, 9.17) is 24.7 Å². The van der Waals surface area contributed by atoms with Crippen molar-refractivity contribution in [2.75, 3.05) is 13.2 Å². The molecule has 0 bridgehead atoms. The molecule has 0 saturated carbocycles. The number of hydrogen-bond acceptors (Lipinski definition) is 5. The van der Waals surface area contributed by atoms with Crippen molar-refractivity contribution in [2.45, 2.75) is 64.8 Å². The van der Waals surface area contributed by atoms with E-state index < -0.39 is 8.80 Å². The number of aryl methyl sites for hydroxylation is 1. The molecular formula is C18H34N2O3Si. The summed E-state index contributed by atoms with van der Waals surface area (Å²) in [5.41, 5.74) is 12.8. The Balaban J connectivity index is 2.52. The van der Waals surface area contributed by atoms with E-state index in [9.17, 15) is 0 Å². The molecule has 1 aromatic rings. The van der Waals surface area contributed by atoms with E-state index in [0.717, 1.165) is 19.3 Å². The molecule has 24 heavy (non-hydrogen) atoms. The van der Waals surface area contributed by atoms with Crippen LogP contribution in [0.1, 0.15) is 45.6 Å². The van der Waals surface area contributed by atoms with Gasteiger partial charge in [-0.05, 0) is 52.0 Å². The summed E-state index contributed by atoms with van der Waals surface area (Å²) in [5, 5.41) is 0. The van der Waals surface area contributed by atoms with E-state index in [-0.39, 0.29) is 12.3 Å². The summed E-state index contributed by atoms with van der Waals surface area (Å²) in [6.45, 7) is 7.16. The van der Waals surface area contributed by atoms with Crippen LogP contribution in [0.15, 0.2) is 30.3 Å². The van der Waals surface area contributed by atoms with Gasteiger partial charge in [-0.15, -0.1) is 0 Å².